The van der Waals surface area contributed by atoms with Gasteiger partial charge in [0.25, 0.3) is 0 Å². The number of amides is 3. The Hall–Kier alpha value is -2.11. The zero-order valence-electron chi connectivity index (χ0n) is 13.8. The van der Waals surface area contributed by atoms with Crippen LogP contribution in [0.25, 0.3) is 0 Å². The number of benzene rings is 1. The van der Waals surface area contributed by atoms with Crippen LogP contribution in [0.5, 0.6) is 0 Å². The van der Waals surface area contributed by atoms with Gasteiger partial charge in [0, 0.05) is 31.6 Å². The summed E-state index contributed by atoms with van der Waals surface area (Å²) in [5.41, 5.74) is 0.751. The van der Waals surface area contributed by atoms with Gasteiger partial charge in [0.05, 0.1) is 5.92 Å². The molecule has 6 heteroatoms. The number of hydrogen-bond acceptors (Lipinski definition) is 2. The molecule has 2 rings (SSSR count). The van der Waals surface area contributed by atoms with Gasteiger partial charge in [0.15, 0.2) is 0 Å². The molecule has 3 amide bonds. The maximum absolute atomic E-state index is 13.5. The third kappa shape index (κ3) is 4.21. The van der Waals surface area contributed by atoms with Gasteiger partial charge in [-0.2, -0.15) is 0 Å². The van der Waals surface area contributed by atoms with Crippen LogP contribution >= 0.6 is 0 Å². The highest BCUT2D eigenvalue weighted by Gasteiger charge is 2.40. The van der Waals surface area contributed by atoms with Gasteiger partial charge in [-0.05, 0) is 38.5 Å². The van der Waals surface area contributed by atoms with E-state index >= 15 is 0 Å². The van der Waals surface area contributed by atoms with Crippen molar-refractivity contribution in [1.29, 1.82) is 0 Å². The average molecular weight is 321 g/mol. The standard InChI is InChI=1S/C17H24FN3O2/c1-4-19-17(23)21-9-14(12-6-5-7-13(18)8-12)15(10-21)16(22)20-11(2)3/h5-8,11,14-15H,4,9-10H2,1-3H3,(H,19,23)(H,20,22)/t14-,15+/m0/s1. The lowest BCUT2D eigenvalue weighted by Crippen LogP contribution is -2.41. The lowest BCUT2D eigenvalue weighted by molar-refractivity contribution is -0.125. The lowest BCUT2D eigenvalue weighted by atomic mass is 9.88. The summed E-state index contributed by atoms with van der Waals surface area (Å²) in [6.45, 7) is 6.91. The van der Waals surface area contributed by atoms with Crippen molar-refractivity contribution in [3.63, 3.8) is 0 Å². The van der Waals surface area contributed by atoms with E-state index in [-0.39, 0.29) is 35.6 Å². The maximum atomic E-state index is 13.5. The molecule has 2 N–H and O–H groups in total. The van der Waals surface area contributed by atoms with Crippen LogP contribution in [0.4, 0.5) is 9.18 Å². The minimum absolute atomic E-state index is 0.0224. The molecule has 0 bridgehead atoms. The predicted octanol–water partition coefficient (Wildman–Crippen LogP) is 2.10. The third-order valence-electron chi connectivity index (χ3n) is 3.98. The summed E-state index contributed by atoms with van der Waals surface area (Å²) in [4.78, 5) is 26.2. The van der Waals surface area contributed by atoms with Gasteiger partial charge in [-0.3, -0.25) is 4.79 Å². The van der Waals surface area contributed by atoms with Gasteiger partial charge in [0.1, 0.15) is 5.82 Å². The van der Waals surface area contributed by atoms with Crippen LogP contribution in [-0.4, -0.2) is 42.5 Å². The minimum Gasteiger partial charge on any atom is -0.354 e. The Morgan fingerprint density at radius 3 is 2.70 bits per heavy atom. The zero-order chi connectivity index (χ0) is 17.0. The summed E-state index contributed by atoms with van der Waals surface area (Å²) in [6, 6.07) is 6.11. The summed E-state index contributed by atoms with van der Waals surface area (Å²) in [5, 5.41) is 5.65. The predicted molar refractivity (Wildman–Crippen MR) is 86.6 cm³/mol. The van der Waals surface area contributed by atoms with E-state index in [0.29, 0.717) is 19.6 Å². The van der Waals surface area contributed by atoms with E-state index < -0.39 is 0 Å². The normalized spacial score (nSPS) is 20.7. The molecule has 1 fully saturated rings. The number of carbonyl (C=O) groups is 2. The van der Waals surface area contributed by atoms with E-state index in [1.165, 1.54) is 12.1 Å². The third-order valence-corrected chi connectivity index (χ3v) is 3.98. The molecule has 1 aliphatic rings. The number of hydrogen-bond donors (Lipinski definition) is 2. The number of halogens is 1. The van der Waals surface area contributed by atoms with Crippen molar-refractivity contribution in [3.8, 4) is 0 Å². The summed E-state index contributed by atoms with van der Waals surface area (Å²) >= 11 is 0. The van der Waals surface area contributed by atoms with Crippen molar-refractivity contribution in [2.75, 3.05) is 19.6 Å². The highest BCUT2D eigenvalue weighted by molar-refractivity contribution is 5.83. The first kappa shape index (κ1) is 17.2. The van der Waals surface area contributed by atoms with Crippen molar-refractivity contribution < 1.29 is 14.0 Å². The number of nitrogens with one attached hydrogen (secondary N) is 2. The van der Waals surface area contributed by atoms with Crippen LogP contribution in [0, 0.1) is 11.7 Å². The Balaban J connectivity index is 2.24. The Morgan fingerprint density at radius 2 is 2.09 bits per heavy atom. The first-order chi connectivity index (χ1) is 10.9. The van der Waals surface area contributed by atoms with E-state index in [4.69, 9.17) is 0 Å². The molecule has 5 nitrogen and oxygen atoms in total. The average Bonchev–Trinajstić information content (AvgIpc) is 2.92. The molecule has 1 saturated heterocycles. The fourth-order valence-corrected chi connectivity index (χ4v) is 2.96. The van der Waals surface area contributed by atoms with Crippen LogP contribution in [0.2, 0.25) is 0 Å². The van der Waals surface area contributed by atoms with Gasteiger partial charge >= 0.3 is 6.03 Å². The highest BCUT2D eigenvalue weighted by Crippen LogP contribution is 2.33. The zero-order valence-corrected chi connectivity index (χ0v) is 13.8. The molecule has 126 valence electrons. The maximum Gasteiger partial charge on any atom is 0.317 e. The summed E-state index contributed by atoms with van der Waals surface area (Å²) in [6.07, 6.45) is 0. The Bertz CT molecular complexity index is 577. The van der Waals surface area contributed by atoms with Crippen LogP contribution in [0.3, 0.4) is 0 Å². The molecule has 23 heavy (non-hydrogen) atoms. The Morgan fingerprint density at radius 1 is 1.35 bits per heavy atom. The number of nitrogens with zero attached hydrogens (tertiary/aromatic N) is 1. The van der Waals surface area contributed by atoms with Gasteiger partial charge < -0.3 is 15.5 Å². The molecule has 1 aromatic carbocycles. The van der Waals surface area contributed by atoms with Crippen molar-refractivity contribution in [2.45, 2.75) is 32.7 Å². The molecule has 0 saturated carbocycles. The van der Waals surface area contributed by atoms with Gasteiger partial charge in [-0.25, -0.2) is 9.18 Å². The van der Waals surface area contributed by atoms with Gasteiger partial charge in [0.2, 0.25) is 5.91 Å². The second-order valence-electron chi connectivity index (χ2n) is 6.17. The second-order valence-corrected chi connectivity index (χ2v) is 6.17. The van der Waals surface area contributed by atoms with Gasteiger partial charge in [-0.15, -0.1) is 0 Å². The number of rotatable bonds is 4. The fraction of sp³-hybridized carbons (Fsp3) is 0.529. The smallest absolute Gasteiger partial charge is 0.317 e. The molecule has 2 atom stereocenters. The monoisotopic (exact) mass is 321 g/mol. The number of likely N-dealkylation sites (tertiary alicyclic amines) is 1. The first-order valence-electron chi connectivity index (χ1n) is 8.01. The molecule has 0 spiro atoms. The van der Waals surface area contributed by atoms with Crippen LogP contribution in [0.1, 0.15) is 32.3 Å². The SMILES string of the molecule is CCNC(=O)N1C[C@@H](C(=O)NC(C)C)[C@H](c2cccc(F)c2)C1. The summed E-state index contributed by atoms with van der Waals surface area (Å²) < 4.78 is 13.5. The van der Waals surface area contributed by atoms with Crippen LogP contribution < -0.4 is 10.6 Å². The minimum atomic E-state index is -0.373. The highest BCUT2D eigenvalue weighted by atomic mass is 19.1. The first-order valence-corrected chi connectivity index (χ1v) is 8.01. The van der Waals surface area contributed by atoms with E-state index in [9.17, 15) is 14.0 Å². The van der Waals surface area contributed by atoms with Crippen LogP contribution in [0.15, 0.2) is 24.3 Å². The van der Waals surface area contributed by atoms with Crippen molar-refractivity contribution >= 4 is 11.9 Å². The lowest BCUT2D eigenvalue weighted by Gasteiger charge is -2.19. The number of urea groups is 1. The Kier molecular flexibility index (Phi) is 5.58. The number of carbonyl (C=O) groups excluding carboxylic acids is 2. The fourth-order valence-electron chi connectivity index (χ4n) is 2.96. The van der Waals surface area contributed by atoms with Crippen molar-refractivity contribution in [3.05, 3.63) is 35.6 Å². The summed E-state index contributed by atoms with van der Waals surface area (Å²) in [5.74, 6) is -1.00. The molecule has 1 aromatic rings. The largest absolute Gasteiger partial charge is 0.354 e. The molecule has 1 heterocycles. The molecule has 0 aliphatic carbocycles. The van der Waals surface area contributed by atoms with E-state index in [1.54, 1.807) is 11.0 Å². The summed E-state index contributed by atoms with van der Waals surface area (Å²) in [7, 11) is 0. The molecule has 0 unspecified atom stereocenters. The molecular formula is C17H24FN3O2. The topological polar surface area (TPSA) is 61.4 Å². The Labute approximate surface area is 136 Å². The second kappa shape index (κ2) is 7.44. The van der Waals surface area contributed by atoms with Crippen LogP contribution in [-0.2, 0) is 4.79 Å². The van der Waals surface area contributed by atoms with E-state index in [2.05, 4.69) is 10.6 Å². The van der Waals surface area contributed by atoms with Crippen molar-refractivity contribution in [1.82, 2.24) is 15.5 Å². The molecule has 0 aromatic heterocycles. The molecular weight excluding hydrogens is 297 g/mol. The van der Waals surface area contributed by atoms with Crippen molar-refractivity contribution in [2.24, 2.45) is 5.92 Å². The van der Waals surface area contributed by atoms with E-state index in [0.717, 1.165) is 5.56 Å². The molecule has 0 radical (unpaired) electrons. The van der Waals surface area contributed by atoms with E-state index in [1.807, 2.05) is 26.8 Å². The quantitative estimate of drug-likeness (QED) is 0.892. The van der Waals surface area contributed by atoms with Gasteiger partial charge in [-0.1, -0.05) is 12.1 Å². The molecule has 1 aliphatic heterocycles.